The first kappa shape index (κ1) is 19.5. The second-order valence-electron chi connectivity index (χ2n) is 4.72. The summed E-state index contributed by atoms with van der Waals surface area (Å²) in [5.74, 6) is -1.19. The van der Waals surface area contributed by atoms with Gasteiger partial charge in [-0.15, -0.1) is 0 Å². The second kappa shape index (κ2) is 12.0. The van der Waals surface area contributed by atoms with Gasteiger partial charge in [0.25, 0.3) is 0 Å². The van der Waals surface area contributed by atoms with Gasteiger partial charge in [0.2, 0.25) is 0 Å². The molecule has 23 heavy (non-hydrogen) atoms. The van der Waals surface area contributed by atoms with Crippen molar-refractivity contribution >= 4 is 5.97 Å². The average molecular weight is 330 g/mol. The van der Waals surface area contributed by atoms with Gasteiger partial charge < -0.3 is 24.1 Å². The molecule has 0 atom stereocenters. The standard InChI is InChI=1S/C16H23FO6/c1-13-2-3-15(14(17)12-13)23-16(19)4-6-20-8-10-22-11-9-21-7-5-18/h2-3,12,18H,4-11H2,1H3. The number of carbonyl (C=O) groups excluding carboxylic acids is 1. The molecule has 0 fully saturated rings. The molecule has 0 bridgehead atoms. The number of rotatable bonds is 12. The third kappa shape index (κ3) is 9.25. The molecule has 0 aliphatic heterocycles. The summed E-state index contributed by atoms with van der Waals surface area (Å²) >= 11 is 0. The highest BCUT2D eigenvalue weighted by Crippen LogP contribution is 2.18. The van der Waals surface area contributed by atoms with Crippen molar-refractivity contribution in [2.75, 3.05) is 46.2 Å². The van der Waals surface area contributed by atoms with Gasteiger partial charge in [0.1, 0.15) is 0 Å². The van der Waals surface area contributed by atoms with Crippen LogP contribution in [0.1, 0.15) is 12.0 Å². The summed E-state index contributed by atoms with van der Waals surface area (Å²) in [5.41, 5.74) is 0.757. The molecule has 0 aliphatic rings. The smallest absolute Gasteiger partial charge is 0.313 e. The number of ether oxygens (including phenoxy) is 4. The van der Waals surface area contributed by atoms with Crippen LogP contribution in [0, 0.1) is 12.7 Å². The minimum Gasteiger partial charge on any atom is -0.423 e. The lowest BCUT2D eigenvalue weighted by molar-refractivity contribution is -0.135. The van der Waals surface area contributed by atoms with Crippen LogP contribution in [0.15, 0.2) is 18.2 Å². The number of aliphatic hydroxyl groups is 1. The Kier molecular flexibility index (Phi) is 10.1. The SMILES string of the molecule is Cc1ccc(OC(=O)CCOCCOCCOCCO)c(F)c1. The molecular weight excluding hydrogens is 307 g/mol. The van der Waals surface area contributed by atoms with Gasteiger partial charge in [-0.2, -0.15) is 0 Å². The first-order valence-corrected chi connectivity index (χ1v) is 7.44. The molecule has 1 N–H and O–H groups in total. The predicted molar refractivity (Wildman–Crippen MR) is 80.9 cm³/mol. The Labute approximate surface area is 135 Å². The maximum absolute atomic E-state index is 13.5. The summed E-state index contributed by atoms with van der Waals surface area (Å²) in [7, 11) is 0. The van der Waals surface area contributed by atoms with Crippen molar-refractivity contribution in [3.05, 3.63) is 29.6 Å². The number of benzene rings is 1. The van der Waals surface area contributed by atoms with E-state index in [2.05, 4.69) is 0 Å². The van der Waals surface area contributed by atoms with Crippen LogP contribution in [0.4, 0.5) is 4.39 Å². The zero-order valence-electron chi connectivity index (χ0n) is 13.3. The molecule has 1 rings (SSSR count). The van der Waals surface area contributed by atoms with E-state index in [-0.39, 0.29) is 25.4 Å². The molecule has 1 aromatic rings. The van der Waals surface area contributed by atoms with E-state index >= 15 is 0 Å². The van der Waals surface area contributed by atoms with Crippen LogP contribution in [-0.2, 0) is 19.0 Å². The highest BCUT2D eigenvalue weighted by atomic mass is 19.1. The van der Waals surface area contributed by atoms with Crippen LogP contribution in [0.2, 0.25) is 0 Å². The average Bonchev–Trinajstić information content (AvgIpc) is 2.52. The van der Waals surface area contributed by atoms with Crippen molar-refractivity contribution in [2.45, 2.75) is 13.3 Å². The van der Waals surface area contributed by atoms with Crippen molar-refractivity contribution in [1.82, 2.24) is 0 Å². The van der Waals surface area contributed by atoms with Gasteiger partial charge >= 0.3 is 5.97 Å². The fourth-order valence-electron chi connectivity index (χ4n) is 1.62. The molecule has 0 amide bonds. The molecule has 6 nitrogen and oxygen atoms in total. The number of hydrogen-bond acceptors (Lipinski definition) is 6. The van der Waals surface area contributed by atoms with Crippen LogP contribution in [0.3, 0.4) is 0 Å². The Morgan fingerprint density at radius 2 is 1.65 bits per heavy atom. The molecule has 0 aromatic heterocycles. The van der Waals surface area contributed by atoms with Crippen molar-refractivity contribution in [1.29, 1.82) is 0 Å². The number of halogens is 1. The summed E-state index contributed by atoms with van der Waals surface area (Å²) in [5, 5.41) is 8.49. The van der Waals surface area contributed by atoms with Crippen molar-refractivity contribution < 1.29 is 33.2 Å². The molecule has 0 heterocycles. The van der Waals surface area contributed by atoms with Crippen LogP contribution >= 0.6 is 0 Å². The topological polar surface area (TPSA) is 74.2 Å². The first-order valence-electron chi connectivity index (χ1n) is 7.44. The van der Waals surface area contributed by atoms with E-state index in [4.69, 9.17) is 24.1 Å². The molecule has 1 aromatic carbocycles. The third-order valence-electron chi connectivity index (χ3n) is 2.74. The Balaban J connectivity index is 2.02. The molecule has 0 aliphatic carbocycles. The highest BCUT2D eigenvalue weighted by molar-refractivity contribution is 5.72. The number of esters is 1. The Hall–Kier alpha value is -1.54. The largest absolute Gasteiger partial charge is 0.423 e. The molecule has 0 unspecified atom stereocenters. The predicted octanol–water partition coefficient (Wildman–Crippen LogP) is 1.47. The Morgan fingerprint density at radius 3 is 2.26 bits per heavy atom. The number of aliphatic hydroxyl groups excluding tert-OH is 1. The zero-order valence-corrected chi connectivity index (χ0v) is 13.3. The first-order chi connectivity index (χ1) is 11.1. The van der Waals surface area contributed by atoms with E-state index in [0.29, 0.717) is 33.0 Å². The maximum atomic E-state index is 13.5. The van der Waals surface area contributed by atoms with E-state index in [1.807, 2.05) is 0 Å². The Morgan fingerprint density at radius 1 is 1.04 bits per heavy atom. The maximum Gasteiger partial charge on any atom is 0.313 e. The molecule has 0 saturated carbocycles. The molecule has 0 spiro atoms. The Bertz CT molecular complexity index is 466. The summed E-state index contributed by atoms with van der Waals surface area (Å²) in [6.45, 7) is 3.76. The monoisotopic (exact) mass is 330 g/mol. The van der Waals surface area contributed by atoms with Gasteiger partial charge in [-0.3, -0.25) is 4.79 Å². The van der Waals surface area contributed by atoms with Gasteiger partial charge in [0.05, 0.1) is 52.7 Å². The second-order valence-corrected chi connectivity index (χ2v) is 4.72. The summed E-state index contributed by atoms with van der Waals surface area (Å²) in [6.07, 6.45) is 0.0347. The van der Waals surface area contributed by atoms with E-state index in [0.717, 1.165) is 5.56 Å². The van der Waals surface area contributed by atoms with E-state index < -0.39 is 11.8 Å². The van der Waals surface area contributed by atoms with E-state index in [9.17, 15) is 9.18 Å². The molecule has 130 valence electrons. The van der Waals surface area contributed by atoms with Crippen LogP contribution in [-0.4, -0.2) is 57.3 Å². The number of hydrogen-bond donors (Lipinski definition) is 1. The summed E-state index contributed by atoms with van der Waals surface area (Å²) < 4.78 is 33.9. The van der Waals surface area contributed by atoms with E-state index in [1.54, 1.807) is 13.0 Å². The number of aryl methyl sites for hydroxylation is 1. The van der Waals surface area contributed by atoms with Gasteiger partial charge in [0, 0.05) is 0 Å². The fraction of sp³-hybridized carbons (Fsp3) is 0.562. The van der Waals surface area contributed by atoms with Gasteiger partial charge in [-0.05, 0) is 24.6 Å². The van der Waals surface area contributed by atoms with Gasteiger partial charge in [-0.25, -0.2) is 4.39 Å². The van der Waals surface area contributed by atoms with Gasteiger partial charge in [-0.1, -0.05) is 6.07 Å². The number of carbonyl (C=O) groups is 1. The van der Waals surface area contributed by atoms with E-state index in [1.165, 1.54) is 12.1 Å². The highest BCUT2D eigenvalue weighted by Gasteiger charge is 2.09. The van der Waals surface area contributed by atoms with Crippen molar-refractivity contribution in [2.24, 2.45) is 0 Å². The summed E-state index contributed by atoms with van der Waals surface area (Å²) in [6, 6.07) is 4.40. The van der Waals surface area contributed by atoms with Crippen LogP contribution in [0.5, 0.6) is 5.75 Å². The third-order valence-corrected chi connectivity index (χ3v) is 2.74. The lowest BCUT2D eigenvalue weighted by atomic mass is 10.2. The van der Waals surface area contributed by atoms with Crippen LogP contribution in [0.25, 0.3) is 0 Å². The minimum atomic E-state index is -0.559. The minimum absolute atomic E-state index is 0.00824. The molecular formula is C16H23FO6. The van der Waals surface area contributed by atoms with Crippen LogP contribution < -0.4 is 4.74 Å². The summed E-state index contributed by atoms with van der Waals surface area (Å²) in [4.78, 5) is 11.5. The molecule has 7 heteroatoms. The lowest BCUT2D eigenvalue weighted by Gasteiger charge is -2.07. The van der Waals surface area contributed by atoms with Crippen molar-refractivity contribution in [3.8, 4) is 5.75 Å². The van der Waals surface area contributed by atoms with Crippen molar-refractivity contribution in [3.63, 3.8) is 0 Å². The molecule has 0 saturated heterocycles. The van der Waals surface area contributed by atoms with Gasteiger partial charge in [0.15, 0.2) is 11.6 Å². The fourth-order valence-corrected chi connectivity index (χ4v) is 1.62. The lowest BCUT2D eigenvalue weighted by Crippen LogP contribution is -2.14. The zero-order chi connectivity index (χ0) is 16.9. The quantitative estimate of drug-likeness (QED) is 0.355. The normalized spacial score (nSPS) is 10.7. The molecule has 0 radical (unpaired) electrons.